The van der Waals surface area contributed by atoms with Crippen LogP contribution in [0.4, 0.5) is 5.82 Å². The lowest BCUT2D eigenvalue weighted by molar-refractivity contribution is 0.119. The third-order valence-corrected chi connectivity index (χ3v) is 3.06. The molecule has 0 unspecified atom stereocenters. The number of anilines is 1. The summed E-state index contributed by atoms with van der Waals surface area (Å²) in [6.07, 6.45) is 1.75. The van der Waals surface area contributed by atoms with Crippen molar-refractivity contribution in [3.63, 3.8) is 0 Å². The lowest BCUT2D eigenvalue weighted by Gasteiger charge is -2.30. The Bertz CT molecular complexity index is 385. The van der Waals surface area contributed by atoms with Gasteiger partial charge in [-0.1, -0.05) is 0 Å². The molecule has 0 bridgehead atoms. The van der Waals surface area contributed by atoms with Crippen molar-refractivity contribution in [2.24, 2.45) is 5.73 Å². The first-order valence-corrected chi connectivity index (χ1v) is 5.07. The fourth-order valence-electron chi connectivity index (χ4n) is 2.26. The van der Waals surface area contributed by atoms with E-state index in [0.717, 1.165) is 5.75 Å². The van der Waals surface area contributed by atoms with E-state index in [4.69, 9.17) is 10.5 Å². The number of rotatable bonds is 0. The van der Waals surface area contributed by atoms with Gasteiger partial charge in [0, 0.05) is 18.7 Å². The third kappa shape index (κ3) is 1.27. The highest BCUT2D eigenvalue weighted by Gasteiger charge is 2.45. The van der Waals surface area contributed by atoms with Crippen LogP contribution in [0.15, 0.2) is 18.3 Å². The van der Waals surface area contributed by atoms with E-state index in [0.29, 0.717) is 12.2 Å². The first-order chi connectivity index (χ1) is 7.25. The Morgan fingerprint density at radius 1 is 1.60 bits per heavy atom. The Hall–Kier alpha value is -1.33. The highest BCUT2D eigenvalue weighted by atomic mass is 16.5. The molecule has 0 spiro atoms. The van der Waals surface area contributed by atoms with E-state index >= 15 is 0 Å². The predicted octanol–water partition coefficient (Wildman–Crippen LogP) is -0.285. The van der Waals surface area contributed by atoms with Gasteiger partial charge in [0.05, 0.1) is 12.1 Å². The van der Waals surface area contributed by atoms with E-state index in [9.17, 15) is 5.11 Å². The molecular weight excluding hydrogens is 194 g/mol. The summed E-state index contributed by atoms with van der Waals surface area (Å²) in [5, 5.41) is 13.0. The van der Waals surface area contributed by atoms with Gasteiger partial charge in [-0.3, -0.25) is 0 Å². The molecule has 5 nitrogen and oxygen atoms in total. The highest BCUT2D eigenvalue weighted by molar-refractivity contribution is 5.53. The molecular formula is C10H13N3O2. The molecule has 4 N–H and O–H groups in total. The van der Waals surface area contributed by atoms with Gasteiger partial charge < -0.3 is 20.9 Å². The molecule has 1 aromatic rings. The monoisotopic (exact) mass is 207 g/mol. The van der Waals surface area contributed by atoms with Gasteiger partial charge in [-0.25, -0.2) is 4.98 Å². The average Bonchev–Trinajstić information content (AvgIpc) is 2.52. The second kappa shape index (κ2) is 3.08. The number of pyridine rings is 1. The first-order valence-electron chi connectivity index (χ1n) is 5.07. The fraction of sp³-hybridized carbons (Fsp3) is 0.500. The van der Waals surface area contributed by atoms with Crippen LogP contribution in [0.1, 0.15) is 6.42 Å². The second-order valence-corrected chi connectivity index (χ2v) is 4.07. The molecule has 3 rings (SSSR count). The van der Waals surface area contributed by atoms with E-state index in [2.05, 4.69) is 10.3 Å². The summed E-state index contributed by atoms with van der Waals surface area (Å²) in [6, 6.07) is 3.33. The molecule has 2 aliphatic rings. The van der Waals surface area contributed by atoms with E-state index < -0.39 is 6.10 Å². The Balaban J connectivity index is 1.93. The molecule has 0 amide bonds. The number of fused-ring (bicyclic) bond motifs is 2. The highest BCUT2D eigenvalue weighted by Crippen LogP contribution is 2.35. The van der Waals surface area contributed by atoms with Crippen LogP contribution < -0.4 is 15.8 Å². The minimum Gasteiger partial charge on any atom is -0.484 e. The number of nitrogens with one attached hydrogen (secondary N) is 1. The van der Waals surface area contributed by atoms with Gasteiger partial charge in [0.1, 0.15) is 6.10 Å². The minimum absolute atomic E-state index is 0.0494. The molecule has 1 aliphatic heterocycles. The average molecular weight is 207 g/mol. The number of nitrogens with two attached hydrogens (primary N) is 1. The summed E-state index contributed by atoms with van der Waals surface area (Å²) in [7, 11) is 0. The summed E-state index contributed by atoms with van der Waals surface area (Å²) in [5.41, 5.74) is 5.78. The zero-order valence-corrected chi connectivity index (χ0v) is 8.13. The lowest BCUT2D eigenvalue weighted by atomic mass is 10.1. The molecule has 15 heavy (non-hydrogen) atoms. The van der Waals surface area contributed by atoms with E-state index in [-0.39, 0.29) is 18.2 Å². The molecule has 1 saturated carbocycles. The van der Waals surface area contributed by atoms with Crippen LogP contribution in [0.25, 0.3) is 0 Å². The molecule has 0 radical (unpaired) electrons. The van der Waals surface area contributed by atoms with Crippen molar-refractivity contribution in [1.82, 2.24) is 4.98 Å². The minimum atomic E-state index is -0.565. The number of hydrogen-bond acceptors (Lipinski definition) is 5. The Morgan fingerprint density at radius 2 is 2.47 bits per heavy atom. The molecule has 1 aromatic heterocycles. The summed E-state index contributed by atoms with van der Waals surface area (Å²) in [4.78, 5) is 4.15. The van der Waals surface area contributed by atoms with Crippen molar-refractivity contribution in [3.8, 4) is 5.75 Å². The molecule has 2 heterocycles. The van der Waals surface area contributed by atoms with Crippen LogP contribution in [0, 0.1) is 0 Å². The Labute approximate surface area is 87.3 Å². The number of aliphatic hydroxyl groups is 1. The predicted molar refractivity (Wildman–Crippen MR) is 54.7 cm³/mol. The fourth-order valence-corrected chi connectivity index (χ4v) is 2.26. The lowest BCUT2D eigenvalue weighted by Crippen LogP contribution is -2.45. The van der Waals surface area contributed by atoms with Crippen molar-refractivity contribution >= 4 is 5.82 Å². The molecule has 4 atom stereocenters. The van der Waals surface area contributed by atoms with Crippen LogP contribution >= 0.6 is 0 Å². The molecule has 0 saturated heterocycles. The molecule has 1 fully saturated rings. The van der Waals surface area contributed by atoms with Gasteiger partial charge in [-0.2, -0.15) is 0 Å². The Morgan fingerprint density at radius 3 is 3.33 bits per heavy atom. The standard InChI is InChI=1S/C10H13N3O2/c11-5-4-7-8(9(5)14)13-10-6(15-7)2-1-3-12-10/h1-3,5,7-9,14H,4,11H2,(H,12,13)/t5-,7-,8-,9-/m1/s1. The van der Waals surface area contributed by atoms with Crippen molar-refractivity contribution in [3.05, 3.63) is 18.3 Å². The van der Waals surface area contributed by atoms with Gasteiger partial charge in [0.15, 0.2) is 11.6 Å². The zero-order chi connectivity index (χ0) is 10.4. The third-order valence-electron chi connectivity index (χ3n) is 3.06. The van der Waals surface area contributed by atoms with Crippen molar-refractivity contribution in [1.29, 1.82) is 0 Å². The maximum absolute atomic E-state index is 9.82. The number of nitrogens with zero attached hydrogens (tertiary/aromatic N) is 1. The molecule has 0 aromatic carbocycles. The van der Waals surface area contributed by atoms with Gasteiger partial charge >= 0.3 is 0 Å². The maximum Gasteiger partial charge on any atom is 0.169 e. The van der Waals surface area contributed by atoms with Crippen LogP contribution in [0.2, 0.25) is 0 Å². The van der Waals surface area contributed by atoms with Crippen molar-refractivity contribution in [2.45, 2.75) is 30.7 Å². The van der Waals surface area contributed by atoms with Gasteiger partial charge in [0.2, 0.25) is 0 Å². The first kappa shape index (κ1) is 8.94. The SMILES string of the molecule is N[C@@H]1C[C@H]2Oc3cccnc3N[C@H]2[C@@H]1O. The largest absolute Gasteiger partial charge is 0.484 e. The van der Waals surface area contributed by atoms with Gasteiger partial charge in [0.25, 0.3) is 0 Å². The van der Waals surface area contributed by atoms with Crippen LogP contribution in [-0.4, -0.2) is 34.4 Å². The van der Waals surface area contributed by atoms with Crippen molar-refractivity contribution < 1.29 is 9.84 Å². The van der Waals surface area contributed by atoms with Crippen molar-refractivity contribution in [2.75, 3.05) is 5.32 Å². The summed E-state index contributed by atoms with van der Waals surface area (Å²) >= 11 is 0. The van der Waals surface area contributed by atoms with Crippen LogP contribution in [0.3, 0.4) is 0 Å². The summed E-state index contributed by atoms with van der Waals surface area (Å²) in [5.74, 6) is 1.42. The smallest absolute Gasteiger partial charge is 0.169 e. The van der Waals surface area contributed by atoms with E-state index in [1.54, 1.807) is 6.20 Å². The number of aromatic nitrogens is 1. The quantitative estimate of drug-likeness (QED) is 0.545. The van der Waals surface area contributed by atoms with Gasteiger partial charge in [-0.05, 0) is 12.1 Å². The Kier molecular flexibility index (Phi) is 1.83. The molecule has 5 heteroatoms. The second-order valence-electron chi connectivity index (χ2n) is 4.07. The summed E-state index contributed by atoms with van der Waals surface area (Å²) < 4.78 is 5.73. The normalized spacial score (nSPS) is 37.5. The topological polar surface area (TPSA) is 80.4 Å². The van der Waals surface area contributed by atoms with Gasteiger partial charge in [-0.15, -0.1) is 0 Å². The summed E-state index contributed by atoms with van der Waals surface area (Å²) in [6.45, 7) is 0. The maximum atomic E-state index is 9.82. The zero-order valence-electron chi connectivity index (χ0n) is 8.13. The van der Waals surface area contributed by atoms with Crippen LogP contribution in [-0.2, 0) is 0 Å². The molecule has 1 aliphatic carbocycles. The number of aliphatic hydroxyl groups excluding tert-OH is 1. The van der Waals surface area contributed by atoms with Crippen LogP contribution in [0.5, 0.6) is 5.75 Å². The molecule has 80 valence electrons. The van der Waals surface area contributed by atoms with E-state index in [1.165, 1.54) is 0 Å². The number of ether oxygens (including phenoxy) is 1. The number of hydrogen-bond donors (Lipinski definition) is 3. The van der Waals surface area contributed by atoms with E-state index in [1.807, 2.05) is 12.1 Å².